The van der Waals surface area contributed by atoms with E-state index >= 15 is 0 Å². The molecule has 0 spiro atoms. The summed E-state index contributed by atoms with van der Waals surface area (Å²) in [5, 5.41) is 0. The van der Waals surface area contributed by atoms with Gasteiger partial charge in [0.25, 0.3) is 0 Å². The smallest absolute Gasteiger partial charge is 0.0348 e. The van der Waals surface area contributed by atoms with Crippen LogP contribution in [0, 0.1) is 0 Å². The Kier molecular flexibility index (Phi) is 23.0. The minimum Gasteiger partial charge on any atom is -0.0845 e. The molecule has 25 heavy (non-hydrogen) atoms. The molecule has 0 aromatic heterocycles. The van der Waals surface area contributed by atoms with Gasteiger partial charge in [0, 0.05) is 0 Å². The van der Waals surface area contributed by atoms with E-state index in [1.54, 1.807) is 0 Å². The Bertz CT molecular complexity index is 274. The van der Waals surface area contributed by atoms with Gasteiger partial charge < -0.3 is 0 Å². The van der Waals surface area contributed by atoms with Crippen LogP contribution in [0.15, 0.2) is 24.3 Å². The third kappa shape index (κ3) is 23.5. The van der Waals surface area contributed by atoms with Gasteiger partial charge in [-0.15, -0.1) is 0 Å². The maximum atomic E-state index is 2.35. The van der Waals surface area contributed by atoms with Gasteiger partial charge in [0.15, 0.2) is 0 Å². The number of hydrogen-bond donors (Lipinski definition) is 0. The zero-order valence-electron chi connectivity index (χ0n) is 17.7. The van der Waals surface area contributed by atoms with E-state index in [9.17, 15) is 0 Å². The Morgan fingerprint density at radius 2 is 0.640 bits per heavy atom. The molecule has 0 rings (SSSR count). The molecule has 0 unspecified atom stereocenters. The van der Waals surface area contributed by atoms with Crippen molar-refractivity contribution < 1.29 is 0 Å². The summed E-state index contributed by atoms with van der Waals surface area (Å²) in [7, 11) is 0. The molecule has 0 fully saturated rings. The molecule has 0 amide bonds. The van der Waals surface area contributed by atoms with E-state index in [-0.39, 0.29) is 0 Å². The van der Waals surface area contributed by atoms with Crippen molar-refractivity contribution in [2.75, 3.05) is 0 Å². The summed E-state index contributed by atoms with van der Waals surface area (Å²) in [4.78, 5) is 0. The largest absolute Gasteiger partial charge is 0.0845 e. The van der Waals surface area contributed by atoms with E-state index in [0.29, 0.717) is 0 Å². The van der Waals surface area contributed by atoms with Crippen LogP contribution in [-0.4, -0.2) is 0 Å². The first-order valence-electron chi connectivity index (χ1n) is 11.7. The summed E-state index contributed by atoms with van der Waals surface area (Å²) in [5.41, 5.74) is 0. The fourth-order valence-corrected chi connectivity index (χ4v) is 3.32. The molecule has 148 valence electrons. The molecule has 0 aromatic rings. The molecule has 0 atom stereocenters. The predicted octanol–water partition coefficient (Wildman–Crippen LogP) is 9.55. The van der Waals surface area contributed by atoms with Crippen molar-refractivity contribution in [2.24, 2.45) is 0 Å². The molecule has 0 aromatic carbocycles. The number of unbranched alkanes of at least 4 members (excludes halogenated alkanes) is 17. The number of allylic oxidation sites excluding steroid dienone is 4. The molecule has 0 heteroatoms. The standard InChI is InChI=1S/C25H48/c1-3-5-7-9-11-13-15-17-19-21-23-25-24-22-20-18-16-14-12-10-8-6-4-2/h21,23-25H,3-20,22H2,1-2H3. The molecule has 0 N–H and O–H groups in total. The lowest BCUT2D eigenvalue weighted by Gasteiger charge is -2.00. The number of rotatable bonds is 20. The average Bonchev–Trinajstić information content (AvgIpc) is 2.63. The van der Waals surface area contributed by atoms with E-state index in [1.165, 1.54) is 122 Å². The Morgan fingerprint density at radius 1 is 0.360 bits per heavy atom. The normalized spacial score (nSPS) is 11.9. The first-order chi connectivity index (χ1) is 12.4. The average molecular weight is 349 g/mol. The summed E-state index contributed by atoms with van der Waals surface area (Å²) < 4.78 is 0. The Balaban J connectivity index is 3.15. The van der Waals surface area contributed by atoms with Crippen molar-refractivity contribution in [3.63, 3.8) is 0 Å². The highest BCUT2D eigenvalue weighted by Crippen LogP contribution is 2.11. The lowest BCUT2D eigenvalue weighted by molar-refractivity contribution is 0.566. The number of hydrogen-bond acceptors (Lipinski definition) is 0. The molecule has 0 saturated carbocycles. The lowest BCUT2D eigenvalue weighted by Crippen LogP contribution is -1.80. The first-order valence-corrected chi connectivity index (χ1v) is 11.7. The van der Waals surface area contributed by atoms with Crippen LogP contribution in [0.1, 0.15) is 136 Å². The third-order valence-corrected chi connectivity index (χ3v) is 5.08. The van der Waals surface area contributed by atoms with Gasteiger partial charge in [0.2, 0.25) is 0 Å². The maximum absolute atomic E-state index is 2.35. The highest BCUT2D eigenvalue weighted by molar-refractivity contribution is 5.02. The second kappa shape index (κ2) is 23.5. The quantitative estimate of drug-likeness (QED) is 0.152. The van der Waals surface area contributed by atoms with Gasteiger partial charge in [0.1, 0.15) is 0 Å². The van der Waals surface area contributed by atoms with E-state index < -0.39 is 0 Å². The molecule has 0 bridgehead atoms. The van der Waals surface area contributed by atoms with Crippen LogP contribution >= 0.6 is 0 Å². The maximum Gasteiger partial charge on any atom is -0.0348 e. The molecule has 0 radical (unpaired) electrons. The summed E-state index contributed by atoms with van der Waals surface area (Å²) in [5.74, 6) is 0. The van der Waals surface area contributed by atoms with Crippen LogP contribution in [0.4, 0.5) is 0 Å². The van der Waals surface area contributed by atoms with Crippen LogP contribution in [0.3, 0.4) is 0 Å². The SMILES string of the molecule is CCCCCCCCCCC=CC=CCCCCCCCCCCC. The van der Waals surface area contributed by atoms with E-state index in [4.69, 9.17) is 0 Å². The van der Waals surface area contributed by atoms with Gasteiger partial charge in [-0.05, 0) is 25.7 Å². The summed E-state index contributed by atoms with van der Waals surface area (Å²) >= 11 is 0. The van der Waals surface area contributed by atoms with Crippen molar-refractivity contribution in [2.45, 2.75) is 136 Å². The highest BCUT2D eigenvalue weighted by Gasteiger charge is 1.91. The van der Waals surface area contributed by atoms with Crippen molar-refractivity contribution in [1.29, 1.82) is 0 Å². The fraction of sp³-hybridized carbons (Fsp3) is 0.840. The monoisotopic (exact) mass is 348 g/mol. The van der Waals surface area contributed by atoms with Crippen LogP contribution in [0.2, 0.25) is 0 Å². The van der Waals surface area contributed by atoms with Crippen LogP contribution < -0.4 is 0 Å². The van der Waals surface area contributed by atoms with Gasteiger partial charge in [-0.2, -0.15) is 0 Å². The van der Waals surface area contributed by atoms with Crippen molar-refractivity contribution >= 4 is 0 Å². The highest BCUT2D eigenvalue weighted by atomic mass is 14.0. The Hall–Kier alpha value is -0.520. The Morgan fingerprint density at radius 3 is 0.960 bits per heavy atom. The second-order valence-corrected chi connectivity index (χ2v) is 7.74. The van der Waals surface area contributed by atoms with Crippen LogP contribution in [0.5, 0.6) is 0 Å². The molecule has 0 aliphatic heterocycles. The summed E-state index contributed by atoms with van der Waals surface area (Å²) in [6, 6.07) is 0. The Labute approximate surface area is 160 Å². The third-order valence-electron chi connectivity index (χ3n) is 5.08. The summed E-state index contributed by atoms with van der Waals surface area (Å²) in [6.45, 7) is 4.58. The van der Waals surface area contributed by atoms with Crippen LogP contribution in [0.25, 0.3) is 0 Å². The predicted molar refractivity (Wildman–Crippen MR) is 117 cm³/mol. The van der Waals surface area contributed by atoms with E-state index in [0.717, 1.165) is 0 Å². The van der Waals surface area contributed by atoms with Crippen molar-refractivity contribution in [3.05, 3.63) is 24.3 Å². The molecular weight excluding hydrogens is 300 g/mol. The molecule has 0 heterocycles. The van der Waals surface area contributed by atoms with Gasteiger partial charge in [0.05, 0.1) is 0 Å². The molecule has 0 nitrogen and oxygen atoms in total. The fourth-order valence-electron chi connectivity index (χ4n) is 3.32. The molecule has 0 saturated heterocycles. The van der Waals surface area contributed by atoms with Gasteiger partial charge in [-0.3, -0.25) is 0 Å². The second-order valence-electron chi connectivity index (χ2n) is 7.74. The van der Waals surface area contributed by atoms with E-state index in [2.05, 4.69) is 38.2 Å². The van der Waals surface area contributed by atoms with Crippen molar-refractivity contribution in [1.82, 2.24) is 0 Å². The zero-order valence-corrected chi connectivity index (χ0v) is 17.7. The first kappa shape index (κ1) is 24.5. The van der Waals surface area contributed by atoms with Crippen LogP contribution in [-0.2, 0) is 0 Å². The van der Waals surface area contributed by atoms with Gasteiger partial charge >= 0.3 is 0 Å². The molecule has 0 aliphatic rings. The summed E-state index contributed by atoms with van der Waals surface area (Å²) in [6.07, 6.45) is 35.9. The topological polar surface area (TPSA) is 0 Å². The molecule has 0 aliphatic carbocycles. The zero-order chi connectivity index (χ0) is 18.3. The lowest BCUT2D eigenvalue weighted by atomic mass is 10.1. The van der Waals surface area contributed by atoms with Crippen molar-refractivity contribution in [3.8, 4) is 0 Å². The van der Waals surface area contributed by atoms with Gasteiger partial charge in [-0.25, -0.2) is 0 Å². The minimum atomic E-state index is 1.26. The van der Waals surface area contributed by atoms with E-state index in [1.807, 2.05) is 0 Å². The molecular formula is C25H48. The van der Waals surface area contributed by atoms with Gasteiger partial charge in [-0.1, -0.05) is 134 Å². The minimum absolute atomic E-state index is 1.26.